The average molecular weight is 345 g/mol. The number of hydrogen-bond donors (Lipinski definition) is 2. The van der Waals surface area contributed by atoms with Crippen molar-refractivity contribution in [2.45, 2.75) is 52.8 Å². The molecule has 6 heteroatoms. The fourth-order valence-electron chi connectivity index (χ4n) is 2.00. The summed E-state index contributed by atoms with van der Waals surface area (Å²) in [6, 6.07) is 4.33. The molecule has 0 saturated heterocycles. The van der Waals surface area contributed by atoms with Crippen molar-refractivity contribution in [1.29, 1.82) is 0 Å². The fraction of sp³-hybridized carbons (Fsp3) is 0.588. The maximum Gasteiger partial charge on any atom is 0.407 e. The number of hydrogen-bond acceptors (Lipinski definition) is 3. The van der Waals surface area contributed by atoms with Crippen LogP contribution in [0.5, 0.6) is 0 Å². The molecule has 1 aromatic rings. The molecule has 0 aliphatic heterocycles. The van der Waals surface area contributed by atoms with E-state index in [0.717, 1.165) is 5.56 Å². The third-order valence-electron chi connectivity index (χ3n) is 3.12. The van der Waals surface area contributed by atoms with Crippen molar-refractivity contribution >= 4 is 17.7 Å². The van der Waals surface area contributed by atoms with Crippen molar-refractivity contribution in [3.8, 4) is 0 Å². The second kappa shape index (κ2) is 8.50. The van der Waals surface area contributed by atoms with Gasteiger partial charge in [0, 0.05) is 24.2 Å². The molecule has 4 nitrogen and oxygen atoms in total. The number of benzene rings is 1. The summed E-state index contributed by atoms with van der Waals surface area (Å²) < 4.78 is 18.6. The van der Waals surface area contributed by atoms with E-state index in [-0.39, 0.29) is 17.8 Å². The molecular formula is C17H26ClFN2O2. The number of carbonyl (C=O) groups excluding carboxylic acids is 1. The van der Waals surface area contributed by atoms with Crippen molar-refractivity contribution in [2.24, 2.45) is 5.92 Å². The van der Waals surface area contributed by atoms with Crippen LogP contribution in [0, 0.1) is 11.7 Å². The summed E-state index contributed by atoms with van der Waals surface area (Å²) in [5, 5.41) is 6.44. The monoisotopic (exact) mass is 344 g/mol. The van der Waals surface area contributed by atoms with Crippen LogP contribution in [-0.2, 0) is 11.3 Å². The molecule has 0 fully saturated rings. The molecule has 0 aromatic heterocycles. The zero-order valence-electron chi connectivity index (χ0n) is 14.4. The highest BCUT2D eigenvalue weighted by atomic mass is 35.5. The Morgan fingerprint density at radius 3 is 2.48 bits per heavy atom. The van der Waals surface area contributed by atoms with Crippen molar-refractivity contribution in [1.82, 2.24) is 10.6 Å². The minimum atomic E-state index is -0.530. The highest BCUT2D eigenvalue weighted by Crippen LogP contribution is 2.14. The second-order valence-electron chi connectivity index (χ2n) is 6.91. The molecule has 1 aromatic carbocycles. The Bertz CT molecular complexity index is 510. The van der Waals surface area contributed by atoms with Crippen molar-refractivity contribution in [2.75, 3.05) is 6.54 Å². The van der Waals surface area contributed by atoms with Crippen LogP contribution in [0.25, 0.3) is 0 Å². The van der Waals surface area contributed by atoms with Crippen LogP contribution >= 0.6 is 11.6 Å². The summed E-state index contributed by atoms with van der Waals surface area (Å²) in [6.45, 7) is 10.5. The Hall–Kier alpha value is -1.33. The number of ether oxygens (including phenoxy) is 1. The number of nitrogens with one attached hydrogen (secondary N) is 2. The Labute approximate surface area is 142 Å². The summed E-state index contributed by atoms with van der Waals surface area (Å²) >= 11 is 5.83. The van der Waals surface area contributed by atoms with Gasteiger partial charge in [0.2, 0.25) is 0 Å². The Balaban J connectivity index is 2.52. The summed E-state index contributed by atoms with van der Waals surface area (Å²) in [5.74, 6) is -0.132. The lowest BCUT2D eigenvalue weighted by atomic mass is 10.0. The molecule has 0 saturated carbocycles. The van der Waals surface area contributed by atoms with E-state index < -0.39 is 11.7 Å². The van der Waals surface area contributed by atoms with Gasteiger partial charge < -0.3 is 15.4 Å². The lowest BCUT2D eigenvalue weighted by Crippen LogP contribution is -2.46. The molecule has 0 heterocycles. The van der Waals surface area contributed by atoms with Crippen LogP contribution in [0.4, 0.5) is 9.18 Å². The summed E-state index contributed by atoms with van der Waals surface area (Å²) in [6.07, 6.45) is -0.438. The highest BCUT2D eigenvalue weighted by molar-refractivity contribution is 6.30. The average Bonchev–Trinajstić information content (AvgIpc) is 2.33. The Morgan fingerprint density at radius 1 is 1.30 bits per heavy atom. The Morgan fingerprint density at radius 2 is 1.96 bits per heavy atom. The van der Waals surface area contributed by atoms with Crippen LogP contribution in [0.3, 0.4) is 0 Å². The van der Waals surface area contributed by atoms with E-state index in [2.05, 4.69) is 10.6 Å². The first-order valence-corrected chi connectivity index (χ1v) is 8.10. The molecule has 1 atom stereocenters. The number of rotatable bonds is 6. The molecule has 0 aliphatic rings. The third kappa shape index (κ3) is 8.18. The van der Waals surface area contributed by atoms with Crippen LogP contribution < -0.4 is 10.6 Å². The zero-order chi connectivity index (χ0) is 17.6. The molecule has 0 radical (unpaired) electrons. The van der Waals surface area contributed by atoms with Crippen LogP contribution in [0.1, 0.15) is 40.2 Å². The van der Waals surface area contributed by atoms with Gasteiger partial charge in [-0.3, -0.25) is 0 Å². The molecule has 0 bridgehead atoms. The number of halogens is 2. The van der Waals surface area contributed by atoms with Crippen molar-refractivity contribution in [3.05, 3.63) is 34.6 Å². The number of amides is 1. The minimum absolute atomic E-state index is 0.0890. The third-order valence-corrected chi connectivity index (χ3v) is 3.34. The van der Waals surface area contributed by atoms with E-state index in [0.29, 0.717) is 18.1 Å². The fourth-order valence-corrected chi connectivity index (χ4v) is 2.24. The topological polar surface area (TPSA) is 50.4 Å². The summed E-state index contributed by atoms with van der Waals surface area (Å²) in [4.78, 5) is 11.9. The van der Waals surface area contributed by atoms with E-state index in [4.69, 9.17) is 16.3 Å². The molecule has 0 aliphatic carbocycles. The molecule has 23 heavy (non-hydrogen) atoms. The molecule has 1 amide bonds. The van der Waals surface area contributed by atoms with E-state index in [9.17, 15) is 9.18 Å². The van der Waals surface area contributed by atoms with Crippen LogP contribution in [0.2, 0.25) is 5.02 Å². The predicted octanol–water partition coefficient (Wildman–Crippen LogP) is 4.12. The molecule has 1 rings (SSSR count). The van der Waals surface area contributed by atoms with Gasteiger partial charge in [-0.15, -0.1) is 0 Å². The first-order chi connectivity index (χ1) is 10.6. The van der Waals surface area contributed by atoms with Gasteiger partial charge in [0.25, 0.3) is 0 Å². The number of carbonyl (C=O) groups is 1. The minimum Gasteiger partial charge on any atom is -0.444 e. The number of alkyl carbamates (subject to hydrolysis) is 1. The summed E-state index contributed by atoms with van der Waals surface area (Å²) in [7, 11) is 0. The SMILES string of the molecule is CC(C)C(CNCc1cc(F)cc(Cl)c1)NC(=O)OC(C)(C)C. The molecule has 130 valence electrons. The normalized spacial score (nSPS) is 13.0. The Kier molecular flexibility index (Phi) is 7.29. The molecular weight excluding hydrogens is 319 g/mol. The first kappa shape index (κ1) is 19.7. The smallest absolute Gasteiger partial charge is 0.407 e. The maximum atomic E-state index is 13.3. The van der Waals surface area contributed by atoms with Gasteiger partial charge in [0.1, 0.15) is 11.4 Å². The highest BCUT2D eigenvalue weighted by Gasteiger charge is 2.21. The van der Waals surface area contributed by atoms with E-state index >= 15 is 0 Å². The largest absolute Gasteiger partial charge is 0.444 e. The standard InChI is InChI=1S/C17H26ClFN2O2/c1-11(2)15(21-16(22)23-17(3,4)5)10-20-9-12-6-13(18)8-14(19)7-12/h6-8,11,15,20H,9-10H2,1-5H3,(H,21,22). The van der Waals surface area contributed by atoms with Gasteiger partial charge in [-0.05, 0) is 50.5 Å². The lowest BCUT2D eigenvalue weighted by Gasteiger charge is -2.26. The van der Waals surface area contributed by atoms with Gasteiger partial charge in [-0.25, -0.2) is 9.18 Å². The molecule has 2 N–H and O–H groups in total. The lowest BCUT2D eigenvalue weighted by molar-refractivity contribution is 0.0490. The van der Waals surface area contributed by atoms with Gasteiger partial charge in [-0.2, -0.15) is 0 Å². The van der Waals surface area contributed by atoms with Gasteiger partial charge in [0.15, 0.2) is 0 Å². The second-order valence-corrected chi connectivity index (χ2v) is 7.34. The summed E-state index contributed by atoms with van der Waals surface area (Å²) in [5.41, 5.74) is 0.229. The van der Waals surface area contributed by atoms with Gasteiger partial charge in [0.05, 0.1) is 0 Å². The van der Waals surface area contributed by atoms with Crippen LogP contribution in [-0.4, -0.2) is 24.3 Å². The van der Waals surface area contributed by atoms with Crippen molar-refractivity contribution in [3.63, 3.8) is 0 Å². The van der Waals surface area contributed by atoms with E-state index in [1.54, 1.807) is 6.07 Å². The van der Waals surface area contributed by atoms with E-state index in [1.165, 1.54) is 12.1 Å². The first-order valence-electron chi connectivity index (χ1n) is 7.72. The molecule has 1 unspecified atom stereocenters. The molecule has 0 spiro atoms. The van der Waals surface area contributed by atoms with Crippen molar-refractivity contribution < 1.29 is 13.9 Å². The van der Waals surface area contributed by atoms with Gasteiger partial charge >= 0.3 is 6.09 Å². The quantitative estimate of drug-likeness (QED) is 0.816. The van der Waals surface area contributed by atoms with E-state index in [1.807, 2.05) is 34.6 Å². The van der Waals surface area contributed by atoms with Gasteiger partial charge in [-0.1, -0.05) is 25.4 Å². The predicted molar refractivity (Wildman–Crippen MR) is 91.1 cm³/mol. The maximum absolute atomic E-state index is 13.3. The van der Waals surface area contributed by atoms with Crippen LogP contribution in [0.15, 0.2) is 18.2 Å². The zero-order valence-corrected chi connectivity index (χ0v) is 15.1.